The Labute approximate surface area is 116 Å². The third-order valence-electron chi connectivity index (χ3n) is 2.70. The van der Waals surface area contributed by atoms with Gasteiger partial charge in [0.05, 0.1) is 5.60 Å². The van der Waals surface area contributed by atoms with Gasteiger partial charge in [-0.15, -0.1) is 0 Å². The Balaban J connectivity index is 3.24. The SMILES string of the molecule is CCN(CC(C)(C)O)c1c(F)cc(C(N)=NO)cc1F. The second-order valence-electron chi connectivity index (χ2n) is 5.10. The number of likely N-dealkylation sites (N-methyl/N-ethyl adjacent to an activating group) is 1. The number of rotatable bonds is 5. The lowest BCUT2D eigenvalue weighted by molar-refractivity contribution is 0.0873. The molecule has 1 aromatic carbocycles. The number of hydrogen-bond donors (Lipinski definition) is 3. The number of aliphatic hydroxyl groups is 1. The average molecular weight is 287 g/mol. The van der Waals surface area contributed by atoms with Crippen molar-refractivity contribution in [3.8, 4) is 0 Å². The van der Waals surface area contributed by atoms with E-state index in [4.69, 9.17) is 10.9 Å². The Bertz CT molecular complexity index is 490. The van der Waals surface area contributed by atoms with Crippen LogP contribution < -0.4 is 10.6 Å². The molecule has 5 nitrogen and oxygen atoms in total. The maximum Gasteiger partial charge on any atom is 0.170 e. The molecule has 0 aliphatic heterocycles. The van der Waals surface area contributed by atoms with Gasteiger partial charge in [0.25, 0.3) is 0 Å². The van der Waals surface area contributed by atoms with E-state index in [0.717, 1.165) is 12.1 Å². The number of hydrogen-bond acceptors (Lipinski definition) is 4. The summed E-state index contributed by atoms with van der Waals surface area (Å²) in [5.41, 5.74) is 3.91. The summed E-state index contributed by atoms with van der Waals surface area (Å²) >= 11 is 0. The Morgan fingerprint density at radius 2 is 1.85 bits per heavy atom. The molecule has 0 aliphatic carbocycles. The van der Waals surface area contributed by atoms with E-state index < -0.39 is 17.2 Å². The summed E-state index contributed by atoms with van der Waals surface area (Å²) in [4.78, 5) is 1.39. The molecule has 4 N–H and O–H groups in total. The fraction of sp³-hybridized carbons (Fsp3) is 0.462. The number of nitrogens with zero attached hydrogens (tertiary/aromatic N) is 2. The van der Waals surface area contributed by atoms with Crippen LogP contribution in [0.5, 0.6) is 0 Å². The molecular weight excluding hydrogens is 268 g/mol. The van der Waals surface area contributed by atoms with Crippen molar-refractivity contribution in [2.75, 3.05) is 18.0 Å². The van der Waals surface area contributed by atoms with Crippen LogP contribution in [0.4, 0.5) is 14.5 Å². The lowest BCUT2D eigenvalue weighted by Gasteiger charge is -2.30. The van der Waals surface area contributed by atoms with Crippen molar-refractivity contribution in [3.63, 3.8) is 0 Å². The van der Waals surface area contributed by atoms with Gasteiger partial charge < -0.3 is 20.9 Å². The molecule has 0 fully saturated rings. The minimum Gasteiger partial charge on any atom is -0.409 e. The molecular formula is C13H19F2N3O2. The lowest BCUT2D eigenvalue weighted by Crippen LogP contribution is -2.39. The van der Waals surface area contributed by atoms with Crippen LogP contribution in [0.15, 0.2) is 17.3 Å². The molecule has 0 amide bonds. The molecule has 0 heterocycles. The van der Waals surface area contributed by atoms with E-state index in [0.29, 0.717) is 6.54 Å². The van der Waals surface area contributed by atoms with E-state index in [9.17, 15) is 13.9 Å². The average Bonchev–Trinajstić information content (AvgIpc) is 2.34. The van der Waals surface area contributed by atoms with Crippen molar-refractivity contribution in [1.29, 1.82) is 0 Å². The Morgan fingerprint density at radius 1 is 1.35 bits per heavy atom. The highest BCUT2D eigenvalue weighted by Gasteiger charge is 2.23. The van der Waals surface area contributed by atoms with Gasteiger partial charge >= 0.3 is 0 Å². The molecule has 112 valence electrons. The zero-order valence-electron chi connectivity index (χ0n) is 11.7. The predicted molar refractivity (Wildman–Crippen MR) is 73.1 cm³/mol. The van der Waals surface area contributed by atoms with Crippen molar-refractivity contribution in [1.82, 2.24) is 0 Å². The summed E-state index contributed by atoms with van der Waals surface area (Å²) in [7, 11) is 0. The van der Waals surface area contributed by atoms with Crippen LogP contribution in [0.25, 0.3) is 0 Å². The zero-order chi connectivity index (χ0) is 15.5. The van der Waals surface area contributed by atoms with Gasteiger partial charge in [-0.2, -0.15) is 0 Å². The van der Waals surface area contributed by atoms with E-state index in [2.05, 4.69) is 5.16 Å². The summed E-state index contributed by atoms with van der Waals surface area (Å²) in [5, 5.41) is 21.0. The summed E-state index contributed by atoms with van der Waals surface area (Å²) in [6.07, 6.45) is 0. The third kappa shape index (κ3) is 3.80. The Kier molecular flexibility index (Phi) is 4.88. The maximum absolute atomic E-state index is 14.1. The first-order valence-electron chi connectivity index (χ1n) is 6.14. The molecule has 20 heavy (non-hydrogen) atoms. The molecule has 1 rings (SSSR count). The first-order valence-corrected chi connectivity index (χ1v) is 6.14. The maximum atomic E-state index is 14.1. The van der Waals surface area contributed by atoms with Gasteiger partial charge in [-0.1, -0.05) is 5.16 Å². The highest BCUT2D eigenvalue weighted by atomic mass is 19.1. The van der Waals surface area contributed by atoms with Crippen LogP contribution in [-0.2, 0) is 0 Å². The van der Waals surface area contributed by atoms with E-state index in [1.807, 2.05) is 0 Å². The van der Waals surface area contributed by atoms with Gasteiger partial charge in [-0.05, 0) is 32.9 Å². The van der Waals surface area contributed by atoms with Crippen molar-refractivity contribution >= 4 is 11.5 Å². The number of amidine groups is 1. The summed E-state index contributed by atoms with van der Waals surface area (Å²) in [6.45, 7) is 5.22. The quantitative estimate of drug-likeness (QED) is 0.333. The summed E-state index contributed by atoms with van der Waals surface area (Å²) < 4.78 is 28.1. The molecule has 0 bridgehead atoms. The second kappa shape index (κ2) is 6.04. The highest BCUT2D eigenvalue weighted by molar-refractivity contribution is 5.97. The minimum atomic E-state index is -1.10. The highest BCUT2D eigenvalue weighted by Crippen LogP contribution is 2.26. The van der Waals surface area contributed by atoms with Crippen LogP contribution in [-0.4, -0.2) is 34.8 Å². The topological polar surface area (TPSA) is 82.1 Å². The minimum absolute atomic E-state index is 0.0504. The van der Waals surface area contributed by atoms with Crippen LogP contribution in [0.2, 0.25) is 0 Å². The molecule has 0 radical (unpaired) electrons. The second-order valence-corrected chi connectivity index (χ2v) is 5.10. The molecule has 0 aliphatic rings. The van der Waals surface area contributed by atoms with E-state index in [1.165, 1.54) is 4.90 Å². The fourth-order valence-electron chi connectivity index (χ4n) is 1.89. The number of anilines is 1. The lowest BCUT2D eigenvalue weighted by atomic mass is 10.1. The van der Waals surface area contributed by atoms with Crippen LogP contribution >= 0.6 is 0 Å². The molecule has 1 aromatic rings. The van der Waals surface area contributed by atoms with Crippen LogP contribution in [0.3, 0.4) is 0 Å². The molecule has 0 spiro atoms. The third-order valence-corrected chi connectivity index (χ3v) is 2.70. The smallest absolute Gasteiger partial charge is 0.170 e. The number of nitrogens with two attached hydrogens (primary N) is 1. The van der Waals surface area contributed by atoms with Crippen LogP contribution in [0, 0.1) is 11.6 Å². The van der Waals surface area contributed by atoms with Crippen molar-refractivity contribution in [2.24, 2.45) is 10.9 Å². The molecule has 0 saturated heterocycles. The zero-order valence-corrected chi connectivity index (χ0v) is 11.7. The Hall–Kier alpha value is -1.89. The first kappa shape index (κ1) is 16.2. The van der Waals surface area contributed by atoms with Gasteiger partial charge in [0.2, 0.25) is 0 Å². The van der Waals surface area contributed by atoms with Gasteiger partial charge in [-0.3, -0.25) is 0 Å². The van der Waals surface area contributed by atoms with Crippen molar-refractivity contribution in [3.05, 3.63) is 29.3 Å². The van der Waals surface area contributed by atoms with Gasteiger partial charge in [0, 0.05) is 18.7 Å². The van der Waals surface area contributed by atoms with E-state index >= 15 is 0 Å². The van der Waals surface area contributed by atoms with E-state index in [-0.39, 0.29) is 23.6 Å². The molecule has 7 heteroatoms. The number of halogens is 2. The van der Waals surface area contributed by atoms with Crippen molar-refractivity contribution in [2.45, 2.75) is 26.4 Å². The molecule has 0 unspecified atom stereocenters. The van der Waals surface area contributed by atoms with Gasteiger partial charge in [-0.25, -0.2) is 8.78 Å². The molecule has 0 aromatic heterocycles. The molecule has 0 atom stereocenters. The largest absolute Gasteiger partial charge is 0.409 e. The predicted octanol–water partition coefficient (Wildman–Crippen LogP) is 1.66. The van der Waals surface area contributed by atoms with Crippen molar-refractivity contribution < 1.29 is 19.1 Å². The number of oxime groups is 1. The summed E-state index contributed by atoms with van der Waals surface area (Å²) in [5.74, 6) is -2.05. The first-order chi connectivity index (χ1) is 9.19. The summed E-state index contributed by atoms with van der Waals surface area (Å²) in [6, 6.07) is 1.97. The van der Waals surface area contributed by atoms with E-state index in [1.54, 1.807) is 20.8 Å². The van der Waals surface area contributed by atoms with Gasteiger partial charge in [0.15, 0.2) is 5.84 Å². The Morgan fingerprint density at radius 3 is 2.20 bits per heavy atom. The van der Waals surface area contributed by atoms with Gasteiger partial charge in [0.1, 0.15) is 17.3 Å². The standard InChI is InChI=1S/C13H19F2N3O2/c1-4-18(7-13(2,3)19)11-9(14)5-8(6-10(11)15)12(16)17-20/h5-6,19-20H,4,7H2,1-3H3,(H2,16,17). The fourth-order valence-corrected chi connectivity index (χ4v) is 1.89. The monoisotopic (exact) mass is 287 g/mol. The number of benzene rings is 1. The molecule has 0 saturated carbocycles. The van der Waals surface area contributed by atoms with Crippen LogP contribution in [0.1, 0.15) is 26.3 Å². The normalized spacial score (nSPS) is 12.6.